The van der Waals surface area contributed by atoms with Crippen molar-refractivity contribution in [2.24, 2.45) is 0 Å². The van der Waals surface area contributed by atoms with Crippen molar-refractivity contribution in [2.45, 2.75) is 23.6 Å². The smallest absolute Gasteiger partial charge is 0.338 e. The van der Waals surface area contributed by atoms with Gasteiger partial charge in [-0.15, -0.1) is 18.3 Å². The fraction of sp³-hybridized carbons (Fsp3) is 0.250. The molecule has 5 nitrogen and oxygen atoms in total. The van der Waals surface area contributed by atoms with E-state index in [1.165, 1.54) is 10.4 Å². The van der Waals surface area contributed by atoms with Crippen LogP contribution in [0.3, 0.4) is 0 Å². The zero-order valence-electron chi connectivity index (χ0n) is 15.6. The molecule has 0 aromatic heterocycles. The first kappa shape index (κ1) is 21.1. The number of sulfonamides is 1. The van der Waals surface area contributed by atoms with E-state index in [0.29, 0.717) is 16.8 Å². The molecule has 0 atom stereocenters. The zero-order chi connectivity index (χ0) is 20.0. The van der Waals surface area contributed by atoms with E-state index in [1.54, 1.807) is 68.1 Å². The quantitative estimate of drug-likeness (QED) is 0.373. The molecule has 0 fully saturated rings. The van der Waals surface area contributed by atoms with Gasteiger partial charge in [-0.25, -0.2) is 13.2 Å². The van der Waals surface area contributed by atoms with Crippen molar-refractivity contribution >= 4 is 33.4 Å². The Balaban J connectivity index is 2.46. The molecule has 0 aliphatic carbocycles. The largest absolute Gasteiger partial charge is 0.462 e. The normalized spacial score (nSPS) is 11.1. The van der Waals surface area contributed by atoms with Crippen molar-refractivity contribution in [3.8, 4) is 0 Å². The van der Waals surface area contributed by atoms with Crippen LogP contribution < -0.4 is 4.31 Å². The third-order valence-electron chi connectivity index (χ3n) is 3.92. The minimum absolute atomic E-state index is 0.117. The van der Waals surface area contributed by atoms with Gasteiger partial charge in [0.25, 0.3) is 10.0 Å². The van der Waals surface area contributed by atoms with Gasteiger partial charge in [-0.2, -0.15) is 0 Å². The fourth-order valence-electron chi connectivity index (χ4n) is 2.59. The lowest BCUT2D eigenvalue weighted by atomic mass is 10.1. The van der Waals surface area contributed by atoms with Crippen LogP contribution in [0.25, 0.3) is 0 Å². The van der Waals surface area contributed by atoms with Crippen molar-refractivity contribution in [3.05, 3.63) is 66.2 Å². The van der Waals surface area contributed by atoms with Crippen LogP contribution in [0.1, 0.15) is 22.8 Å². The van der Waals surface area contributed by atoms with Crippen molar-refractivity contribution < 1.29 is 17.9 Å². The summed E-state index contributed by atoms with van der Waals surface area (Å²) in [5.74, 6) is -0.432. The second-order valence-electron chi connectivity index (χ2n) is 5.72. The van der Waals surface area contributed by atoms with E-state index in [2.05, 4.69) is 6.58 Å². The summed E-state index contributed by atoms with van der Waals surface area (Å²) >= 11 is 1.55. The maximum Gasteiger partial charge on any atom is 0.338 e. The third-order valence-corrected chi connectivity index (χ3v) is 6.46. The van der Waals surface area contributed by atoms with E-state index < -0.39 is 16.0 Å². The molecular formula is C20H23NO4S2. The van der Waals surface area contributed by atoms with Gasteiger partial charge in [0.15, 0.2) is 0 Å². The number of hydrogen-bond acceptors (Lipinski definition) is 5. The van der Waals surface area contributed by atoms with Gasteiger partial charge in [-0.1, -0.05) is 6.08 Å². The Labute approximate surface area is 165 Å². The first-order chi connectivity index (χ1) is 12.8. The van der Waals surface area contributed by atoms with Gasteiger partial charge in [-0.05, 0) is 68.1 Å². The molecule has 0 N–H and O–H groups in total. The average Bonchev–Trinajstić information content (AvgIpc) is 2.66. The van der Waals surface area contributed by atoms with E-state index in [4.69, 9.17) is 4.74 Å². The lowest BCUT2D eigenvalue weighted by molar-refractivity contribution is 0.0526. The molecule has 0 aliphatic rings. The van der Waals surface area contributed by atoms with Gasteiger partial charge in [-0.3, -0.25) is 4.31 Å². The number of ether oxygens (including phenoxy) is 1. The number of nitrogens with zero attached hydrogens (tertiary/aromatic N) is 1. The molecule has 0 unspecified atom stereocenters. The maximum atomic E-state index is 13.2. The number of hydrogen-bond donors (Lipinski definition) is 0. The fourth-order valence-corrected chi connectivity index (χ4v) is 4.50. The molecule has 144 valence electrons. The number of anilines is 1. The predicted octanol–water partition coefficient (Wildman–Crippen LogP) is 4.27. The van der Waals surface area contributed by atoms with Crippen LogP contribution in [0, 0.1) is 6.92 Å². The summed E-state index contributed by atoms with van der Waals surface area (Å²) in [4.78, 5) is 13.1. The van der Waals surface area contributed by atoms with Gasteiger partial charge in [0.1, 0.15) is 0 Å². The summed E-state index contributed by atoms with van der Waals surface area (Å²) in [7, 11) is -3.77. The highest BCUT2D eigenvalue weighted by Crippen LogP contribution is 2.28. The number of carbonyl (C=O) groups excluding carboxylic acids is 1. The van der Waals surface area contributed by atoms with Crippen molar-refractivity contribution in [3.63, 3.8) is 0 Å². The lowest BCUT2D eigenvalue weighted by Gasteiger charge is -2.25. The molecule has 0 aliphatic heterocycles. The molecule has 2 aromatic rings. The molecule has 0 radical (unpaired) electrons. The Kier molecular flexibility index (Phi) is 7.10. The maximum absolute atomic E-state index is 13.2. The lowest BCUT2D eigenvalue weighted by Crippen LogP contribution is -2.31. The molecule has 2 aromatic carbocycles. The summed E-state index contributed by atoms with van der Waals surface area (Å²) in [5, 5.41) is 0. The highest BCUT2D eigenvalue weighted by molar-refractivity contribution is 7.98. The van der Waals surface area contributed by atoms with Crippen LogP contribution >= 0.6 is 11.8 Å². The van der Waals surface area contributed by atoms with Crippen LogP contribution in [-0.2, 0) is 14.8 Å². The van der Waals surface area contributed by atoms with Crippen LogP contribution in [0.4, 0.5) is 5.69 Å². The Morgan fingerprint density at radius 2 is 1.89 bits per heavy atom. The van der Waals surface area contributed by atoms with Crippen LogP contribution in [0.5, 0.6) is 0 Å². The zero-order valence-corrected chi connectivity index (χ0v) is 17.3. The number of rotatable bonds is 8. The second kappa shape index (κ2) is 9.10. The number of thioether (sulfide) groups is 1. The van der Waals surface area contributed by atoms with Crippen molar-refractivity contribution in [1.82, 2.24) is 0 Å². The Hall–Kier alpha value is -2.25. The van der Waals surface area contributed by atoms with Gasteiger partial charge in [0.05, 0.1) is 29.3 Å². The van der Waals surface area contributed by atoms with Gasteiger partial charge in [0, 0.05) is 4.90 Å². The highest BCUT2D eigenvalue weighted by atomic mass is 32.2. The number of aryl methyl sites for hydroxylation is 1. The predicted molar refractivity (Wildman–Crippen MR) is 110 cm³/mol. The minimum atomic E-state index is -3.77. The van der Waals surface area contributed by atoms with E-state index in [-0.39, 0.29) is 18.0 Å². The van der Waals surface area contributed by atoms with E-state index in [0.717, 1.165) is 4.90 Å². The monoisotopic (exact) mass is 405 g/mol. The van der Waals surface area contributed by atoms with Crippen LogP contribution in [-0.4, -0.2) is 33.8 Å². The SMILES string of the molecule is C=CCN(c1ccc(C(=O)OCC)cc1C)S(=O)(=O)c1ccc(SC)cc1. The van der Waals surface area contributed by atoms with Gasteiger partial charge < -0.3 is 4.74 Å². The van der Waals surface area contributed by atoms with Crippen LogP contribution in [0.2, 0.25) is 0 Å². The topological polar surface area (TPSA) is 63.7 Å². The minimum Gasteiger partial charge on any atom is -0.462 e. The van der Waals surface area contributed by atoms with Gasteiger partial charge in [0.2, 0.25) is 0 Å². The molecular weight excluding hydrogens is 382 g/mol. The number of benzene rings is 2. The molecule has 0 saturated carbocycles. The summed E-state index contributed by atoms with van der Waals surface area (Å²) in [6.07, 6.45) is 3.47. The summed E-state index contributed by atoms with van der Waals surface area (Å²) < 4.78 is 32.6. The van der Waals surface area contributed by atoms with Crippen molar-refractivity contribution in [1.29, 1.82) is 0 Å². The molecule has 0 amide bonds. The molecule has 2 rings (SSSR count). The first-order valence-corrected chi connectivity index (χ1v) is 11.1. The average molecular weight is 406 g/mol. The summed E-state index contributed by atoms with van der Waals surface area (Å²) in [6, 6.07) is 11.6. The number of esters is 1. The van der Waals surface area contributed by atoms with E-state index >= 15 is 0 Å². The molecule has 0 spiro atoms. The Morgan fingerprint density at radius 1 is 1.22 bits per heavy atom. The summed E-state index contributed by atoms with van der Waals surface area (Å²) in [6.45, 7) is 7.57. The Bertz CT molecular complexity index is 921. The number of carbonyl (C=O) groups is 1. The molecule has 0 heterocycles. The Morgan fingerprint density at radius 3 is 2.41 bits per heavy atom. The molecule has 27 heavy (non-hydrogen) atoms. The second-order valence-corrected chi connectivity index (χ2v) is 8.46. The summed E-state index contributed by atoms with van der Waals surface area (Å²) in [5.41, 5.74) is 1.54. The molecule has 7 heteroatoms. The standard InChI is InChI=1S/C20H23NO4S2/c1-5-13-21(27(23,24)18-10-8-17(26-4)9-11-18)19-12-7-16(14-15(19)3)20(22)25-6-2/h5,7-12,14H,1,6,13H2,2-4H3. The van der Waals surface area contributed by atoms with E-state index in [1.807, 2.05) is 6.26 Å². The van der Waals surface area contributed by atoms with E-state index in [9.17, 15) is 13.2 Å². The molecule has 0 saturated heterocycles. The third kappa shape index (κ3) is 4.73. The first-order valence-electron chi connectivity index (χ1n) is 8.40. The van der Waals surface area contributed by atoms with Crippen LogP contribution in [0.15, 0.2) is 64.9 Å². The van der Waals surface area contributed by atoms with Crippen molar-refractivity contribution in [2.75, 3.05) is 23.7 Å². The highest BCUT2D eigenvalue weighted by Gasteiger charge is 2.25. The molecule has 0 bridgehead atoms. The van der Waals surface area contributed by atoms with Gasteiger partial charge >= 0.3 is 5.97 Å².